The molecule has 0 unspecified atom stereocenters. The Balaban J connectivity index is 2.14. The molecule has 13 heavy (non-hydrogen) atoms. The molecule has 1 aliphatic heterocycles. The van der Waals surface area contributed by atoms with E-state index in [1.807, 2.05) is 0 Å². The first-order valence-electron chi connectivity index (χ1n) is 4.18. The first kappa shape index (κ1) is 7.21. The van der Waals surface area contributed by atoms with Crippen molar-refractivity contribution >= 4 is 21.8 Å². The predicted octanol–water partition coefficient (Wildman–Crippen LogP) is 1.31. The summed E-state index contributed by atoms with van der Waals surface area (Å²) in [5, 5.41) is 0.680. The van der Waals surface area contributed by atoms with E-state index in [-0.39, 0.29) is 0 Å². The van der Waals surface area contributed by atoms with E-state index in [0.29, 0.717) is 5.17 Å². The second-order valence-corrected chi connectivity index (χ2v) is 4.19. The largest absolute Gasteiger partial charge is 0.355 e. The van der Waals surface area contributed by atoms with Crippen molar-refractivity contribution in [2.75, 3.05) is 0 Å². The lowest BCUT2D eigenvalue weighted by Gasteiger charge is -1.98. The number of hydrogen-bond donors (Lipinski definition) is 1. The first-order chi connectivity index (χ1) is 6.34. The Hall–Kier alpha value is -1.22. The molecule has 1 radical (unpaired) electrons. The summed E-state index contributed by atoms with van der Waals surface area (Å²) < 4.78 is 0. The normalized spacial score (nSPS) is 18.6. The van der Waals surface area contributed by atoms with Gasteiger partial charge >= 0.3 is 5.17 Å². The molecule has 0 saturated heterocycles. The molecule has 63 valence electrons. The third-order valence-corrected chi connectivity index (χ3v) is 3.29. The fourth-order valence-electron chi connectivity index (χ4n) is 1.78. The Morgan fingerprint density at radius 1 is 1.31 bits per heavy atom. The molecular weight excluding hydrogens is 180 g/mol. The van der Waals surface area contributed by atoms with Gasteiger partial charge in [0, 0.05) is 18.2 Å². The Morgan fingerprint density at radius 3 is 3.08 bits per heavy atom. The molecule has 3 heteroatoms. The maximum Gasteiger partial charge on any atom is 0.355 e. The Bertz CT molecular complexity index is 446. The van der Waals surface area contributed by atoms with Crippen LogP contribution in [0.2, 0.25) is 0 Å². The van der Waals surface area contributed by atoms with Gasteiger partial charge in [0.15, 0.2) is 5.70 Å². The topological polar surface area (TPSA) is 40.1 Å². The minimum atomic E-state index is 0.680. The van der Waals surface area contributed by atoms with Crippen LogP contribution < -0.4 is 10.7 Å². The van der Waals surface area contributed by atoms with Crippen LogP contribution in [0.15, 0.2) is 30.0 Å². The number of hydrogen-bond acceptors (Lipinski definition) is 3. The van der Waals surface area contributed by atoms with E-state index in [1.54, 1.807) is 11.8 Å². The number of nitrogens with two attached hydrogens (primary N) is 1. The standard InChI is InChI=1S/C10H8N2S/c11-10-12-8-5-6-3-1-2-4-7(6)9(8)13-10/h1-4H,5,11H2/q+1. The van der Waals surface area contributed by atoms with Crippen LogP contribution in [-0.4, -0.2) is 5.17 Å². The molecule has 1 heterocycles. The van der Waals surface area contributed by atoms with Crippen LogP contribution in [0.3, 0.4) is 0 Å². The Labute approximate surface area is 80.5 Å². The van der Waals surface area contributed by atoms with E-state index in [0.717, 1.165) is 12.1 Å². The molecule has 1 aromatic carbocycles. The summed E-state index contributed by atoms with van der Waals surface area (Å²) in [6, 6.07) is 8.42. The molecule has 0 amide bonds. The van der Waals surface area contributed by atoms with Crippen molar-refractivity contribution in [3.8, 4) is 0 Å². The number of amidine groups is 1. The van der Waals surface area contributed by atoms with Crippen LogP contribution in [0.5, 0.6) is 0 Å². The average Bonchev–Trinajstić information content (AvgIpc) is 2.60. The molecule has 0 spiro atoms. The highest BCUT2D eigenvalue weighted by Crippen LogP contribution is 2.41. The van der Waals surface area contributed by atoms with Crippen LogP contribution in [0.25, 0.3) is 4.91 Å². The SMILES string of the molecule is NC1=[N+]C2=C(S1)c1ccccc1C2. The van der Waals surface area contributed by atoms with Gasteiger partial charge in [-0.1, -0.05) is 24.3 Å². The summed E-state index contributed by atoms with van der Waals surface area (Å²) in [6.07, 6.45) is 0.944. The van der Waals surface area contributed by atoms with Crippen molar-refractivity contribution in [2.24, 2.45) is 5.73 Å². The van der Waals surface area contributed by atoms with Gasteiger partial charge in [0.25, 0.3) is 0 Å². The summed E-state index contributed by atoms with van der Waals surface area (Å²) in [7, 11) is 0. The lowest BCUT2D eigenvalue weighted by molar-refractivity contribution is 1.09. The van der Waals surface area contributed by atoms with Gasteiger partial charge in [0.05, 0.1) is 4.91 Å². The van der Waals surface area contributed by atoms with Crippen LogP contribution >= 0.6 is 11.8 Å². The summed E-state index contributed by atoms with van der Waals surface area (Å²) in [6.45, 7) is 0. The number of aliphatic imine (C=N–C) groups is 1. The van der Waals surface area contributed by atoms with Gasteiger partial charge in [-0.25, -0.2) is 0 Å². The predicted molar refractivity (Wildman–Crippen MR) is 56.0 cm³/mol. The fourth-order valence-corrected chi connectivity index (χ4v) is 2.69. The van der Waals surface area contributed by atoms with E-state index in [9.17, 15) is 0 Å². The lowest BCUT2D eigenvalue weighted by atomic mass is 10.1. The number of allylic oxidation sites excluding steroid dienone is 1. The van der Waals surface area contributed by atoms with Gasteiger partial charge in [0.1, 0.15) is 0 Å². The van der Waals surface area contributed by atoms with Crippen LogP contribution in [0, 0.1) is 0 Å². The lowest BCUT2D eigenvalue weighted by Crippen LogP contribution is -2.10. The molecule has 2 N–H and O–H groups in total. The van der Waals surface area contributed by atoms with E-state index in [2.05, 4.69) is 29.3 Å². The molecule has 1 aliphatic carbocycles. The van der Waals surface area contributed by atoms with Crippen LogP contribution in [0.1, 0.15) is 11.1 Å². The van der Waals surface area contributed by atoms with E-state index in [4.69, 9.17) is 5.73 Å². The Kier molecular flexibility index (Phi) is 1.32. The molecule has 0 atom stereocenters. The number of fused-ring (bicyclic) bond motifs is 2. The highest BCUT2D eigenvalue weighted by Gasteiger charge is 2.32. The van der Waals surface area contributed by atoms with Gasteiger partial charge in [-0.05, 0) is 16.1 Å². The van der Waals surface area contributed by atoms with Crippen molar-refractivity contribution in [2.45, 2.75) is 6.42 Å². The molecular formula is C10H8N2S+. The highest BCUT2D eigenvalue weighted by atomic mass is 32.2. The number of thioether (sulfide) groups is 1. The van der Waals surface area contributed by atoms with Crippen LogP contribution in [0.4, 0.5) is 0 Å². The van der Waals surface area contributed by atoms with Crippen LogP contribution in [-0.2, 0) is 6.42 Å². The molecule has 2 nitrogen and oxygen atoms in total. The zero-order valence-corrected chi connectivity index (χ0v) is 7.77. The zero-order valence-electron chi connectivity index (χ0n) is 6.95. The van der Waals surface area contributed by atoms with Gasteiger partial charge in [-0.15, -0.1) is 0 Å². The third-order valence-electron chi connectivity index (χ3n) is 2.33. The monoisotopic (exact) mass is 188 g/mol. The van der Waals surface area contributed by atoms with Gasteiger partial charge in [-0.2, -0.15) is 0 Å². The second-order valence-electron chi connectivity index (χ2n) is 3.16. The third kappa shape index (κ3) is 0.937. The number of benzene rings is 1. The fraction of sp³-hybridized carbons (Fsp3) is 0.100. The number of nitrogens with zero attached hydrogens (tertiary/aromatic N) is 1. The highest BCUT2D eigenvalue weighted by molar-refractivity contribution is 8.21. The van der Waals surface area contributed by atoms with E-state index in [1.165, 1.54) is 16.0 Å². The average molecular weight is 188 g/mol. The van der Waals surface area contributed by atoms with E-state index < -0.39 is 0 Å². The minimum Gasteiger partial charge on any atom is -0.278 e. The zero-order chi connectivity index (χ0) is 8.84. The maximum atomic E-state index is 5.65. The quantitative estimate of drug-likeness (QED) is 0.666. The van der Waals surface area contributed by atoms with E-state index >= 15 is 0 Å². The molecule has 0 bridgehead atoms. The molecule has 0 saturated carbocycles. The Morgan fingerprint density at radius 2 is 2.15 bits per heavy atom. The summed E-state index contributed by atoms with van der Waals surface area (Å²) in [5.41, 5.74) is 9.48. The summed E-state index contributed by atoms with van der Waals surface area (Å²) in [5.74, 6) is 0. The van der Waals surface area contributed by atoms with Crippen molar-refractivity contribution in [1.29, 1.82) is 0 Å². The van der Waals surface area contributed by atoms with Crippen molar-refractivity contribution < 1.29 is 0 Å². The molecule has 3 rings (SSSR count). The van der Waals surface area contributed by atoms with Gasteiger partial charge < -0.3 is 0 Å². The summed E-state index contributed by atoms with van der Waals surface area (Å²) in [4.78, 5) is 5.56. The maximum absolute atomic E-state index is 5.65. The van der Waals surface area contributed by atoms with Crippen molar-refractivity contribution in [1.82, 2.24) is 4.99 Å². The second kappa shape index (κ2) is 2.39. The molecule has 2 aliphatic rings. The van der Waals surface area contributed by atoms with Gasteiger partial charge in [-0.3, -0.25) is 5.73 Å². The van der Waals surface area contributed by atoms with Gasteiger partial charge in [0.2, 0.25) is 0 Å². The molecule has 1 aromatic rings. The van der Waals surface area contributed by atoms with Crippen molar-refractivity contribution in [3.63, 3.8) is 0 Å². The molecule has 0 aromatic heterocycles. The number of rotatable bonds is 0. The summed E-state index contributed by atoms with van der Waals surface area (Å²) >= 11 is 1.59. The minimum absolute atomic E-state index is 0.680. The smallest absolute Gasteiger partial charge is 0.278 e. The van der Waals surface area contributed by atoms with Crippen molar-refractivity contribution in [3.05, 3.63) is 41.1 Å². The molecule has 0 fully saturated rings. The first-order valence-corrected chi connectivity index (χ1v) is 5.00.